The predicted molar refractivity (Wildman–Crippen MR) is 98.3 cm³/mol. The molecule has 0 bridgehead atoms. The van der Waals surface area contributed by atoms with E-state index >= 15 is 0 Å². The topological polar surface area (TPSA) is 41.6 Å². The first-order valence-corrected chi connectivity index (χ1v) is 9.30. The van der Waals surface area contributed by atoms with Crippen molar-refractivity contribution in [3.8, 4) is 5.75 Å². The SMILES string of the molecule is CCCCCCCOc1ccc(CN2CC(C(=O)NC)C2)cc1C. The third-order valence-corrected chi connectivity index (χ3v) is 4.73. The number of rotatable bonds is 10. The Labute approximate surface area is 146 Å². The summed E-state index contributed by atoms with van der Waals surface area (Å²) in [5.41, 5.74) is 2.49. The highest BCUT2D eigenvalue weighted by molar-refractivity contribution is 5.79. The number of ether oxygens (including phenoxy) is 1. The van der Waals surface area contributed by atoms with E-state index in [1.54, 1.807) is 7.05 Å². The van der Waals surface area contributed by atoms with E-state index in [2.05, 4.69) is 42.3 Å². The average molecular weight is 332 g/mol. The van der Waals surface area contributed by atoms with Crippen molar-refractivity contribution in [1.82, 2.24) is 10.2 Å². The monoisotopic (exact) mass is 332 g/mol. The zero-order valence-corrected chi connectivity index (χ0v) is 15.4. The lowest BCUT2D eigenvalue weighted by molar-refractivity contribution is -0.129. The molecule has 1 aromatic rings. The second kappa shape index (κ2) is 9.67. The maximum atomic E-state index is 11.5. The van der Waals surface area contributed by atoms with Crippen LogP contribution in [-0.2, 0) is 11.3 Å². The van der Waals surface area contributed by atoms with Crippen LogP contribution in [0.2, 0.25) is 0 Å². The van der Waals surface area contributed by atoms with Gasteiger partial charge in [0, 0.05) is 26.7 Å². The molecule has 24 heavy (non-hydrogen) atoms. The molecule has 0 saturated carbocycles. The third kappa shape index (κ3) is 5.52. The van der Waals surface area contributed by atoms with Crippen molar-refractivity contribution >= 4 is 5.91 Å². The highest BCUT2D eigenvalue weighted by atomic mass is 16.5. The summed E-state index contributed by atoms with van der Waals surface area (Å²) in [7, 11) is 1.71. The lowest BCUT2D eigenvalue weighted by atomic mass is 9.98. The number of nitrogens with zero attached hydrogens (tertiary/aromatic N) is 1. The molecule has 0 atom stereocenters. The minimum atomic E-state index is 0.158. The molecular formula is C20H32N2O2. The molecule has 1 aromatic carbocycles. The van der Waals surface area contributed by atoms with E-state index < -0.39 is 0 Å². The number of carbonyl (C=O) groups is 1. The van der Waals surface area contributed by atoms with E-state index in [4.69, 9.17) is 4.74 Å². The summed E-state index contributed by atoms with van der Waals surface area (Å²) >= 11 is 0. The minimum Gasteiger partial charge on any atom is -0.493 e. The van der Waals surface area contributed by atoms with Crippen molar-refractivity contribution in [3.63, 3.8) is 0 Å². The first-order chi connectivity index (χ1) is 11.6. The highest BCUT2D eigenvalue weighted by Gasteiger charge is 2.31. The number of hydrogen-bond acceptors (Lipinski definition) is 3. The summed E-state index contributed by atoms with van der Waals surface area (Å²) in [6, 6.07) is 6.44. The molecule has 0 aliphatic carbocycles. The van der Waals surface area contributed by atoms with Crippen molar-refractivity contribution in [1.29, 1.82) is 0 Å². The van der Waals surface area contributed by atoms with Crippen LogP contribution < -0.4 is 10.1 Å². The smallest absolute Gasteiger partial charge is 0.225 e. The molecule has 1 heterocycles. The minimum absolute atomic E-state index is 0.158. The van der Waals surface area contributed by atoms with Gasteiger partial charge in [-0.1, -0.05) is 44.7 Å². The van der Waals surface area contributed by atoms with Gasteiger partial charge in [0.05, 0.1) is 12.5 Å². The summed E-state index contributed by atoms with van der Waals surface area (Å²) in [5, 5.41) is 2.72. The van der Waals surface area contributed by atoms with E-state index in [1.165, 1.54) is 36.8 Å². The number of amides is 1. The van der Waals surface area contributed by atoms with Crippen LogP contribution in [0.1, 0.15) is 50.2 Å². The Morgan fingerprint density at radius 1 is 1.25 bits per heavy atom. The largest absolute Gasteiger partial charge is 0.493 e. The maximum Gasteiger partial charge on any atom is 0.225 e. The molecule has 2 rings (SSSR count). The standard InChI is InChI=1S/C20H32N2O2/c1-4-5-6-7-8-11-24-19-10-9-17(12-16(19)2)13-22-14-18(15-22)20(23)21-3/h9-10,12,18H,4-8,11,13-15H2,1-3H3,(H,21,23). The van der Waals surface area contributed by atoms with Gasteiger partial charge >= 0.3 is 0 Å². The Bertz CT molecular complexity index is 524. The van der Waals surface area contributed by atoms with Gasteiger partial charge in [-0.05, 0) is 30.5 Å². The summed E-state index contributed by atoms with van der Waals surface area (Å²) < 4.78 is 5.91. The molecule has 4 nitrogen and oxygen atoms in total. The predicted octanol–water partition coefficient (Wildman–Crippen LogP) is 3.52. The summed E-state index contributed by atoms with van der Waals surface area (Å²) in [4.78, 5) is 13.8. The van der Waals surface area contributed by atoms with Crippen LogP contribution in [-0.4, -0.2) is 37.6 Å². The molecule has 0 radical (unpaired) electrons. The number of aryl methyl sites for hydroxylation is 1. The van der Waals surface area contributed by atoms with E-state index in [9.17, 15) is 4.79 Å². The fourth-order valence-electron chi connectivity index (χ4n) is 3.19. The van der Waals surface area contributed by atoms with E-state index in [-0.39, 0.29) is 11.8 Å². The Kier molecular flexibility index (Phi) is 7.57. The highest BCUT2D eigenvalue weighted by Crippen LogP contribution is 2.23. The quantitative estimate of drug-likeness (QED) is 0.667. The van der Waals surface area contributed by atoms with E-state index in [1.807, 2.05) is 0 Å². The van der Waals surface area contributed by atoms with Crippen molar-refractivity contribution in [2.45, 2.75) is 52.5 Å². The Morgan fingerprint density at radius 3 is 2.67 bits per heavy atom. The Hall–Kier alpha value is -1.55. The first-order valence-electron chi connectivity index (χ1n) is 9.30. The molecule has 0 spiro atoms. The Balaban J connectivity index is 1.71. The van der Waals surface area contributed by atoms with Crippen molar-refractivity contribution in [2.75, 3.05) is 26.7 Å². The molecular weight excluding hydrogens is 300 g/mol. The average Bonchev–Trinajstić information content (AvgIpc) is 2.54. The van der Waals surface area contributed by atoms with Crippen LogP contribution in [0.3, 0.4) is 0 Å². The van der Waals surface area contributed by atoms with Crippen LogP contribution >= 0.6 is 0 Å². The number of carbonyl (C=O) groups excluding carboxylic acids is 1. The number of benzene rings is 1. The van der Waals surface area contributed by atoms with Gasteiger partial charge in [-0.15, -0.1) is 0 Å². The van der Waals surface area contributed by atoms with Gasteiger partial charge in [-0.2, -0.15) is 0 Å². The third-order valence-electron chi connectivity index (χ3n) is 4.73. The molecule has 1 fully saturated rings. The molecule has 1 amide bonds. The van der Waals surface area contributed by atoms with Crippen LogP contribution in [0.5, 0.6) is 5.75 Å². The normalized spacial score (nSPS) is 15.1. The Morgan fingerprint density at radius 2 is 2.00 bits per heavy atom. The molecule has 1 saturated heterocycles. The second-order valence-electron chi connectivity index (χ2n) is 6.87. The zero-order valence-electron chi connectivity index (χ0n) is 15.4. The van der Waals surface area contributed by atoms with E-state index in [0.717, 1.165) is 38.4 Å². The number of hydrogen-bond donors (Lipinski definition) is 1. The maximum absolute atomic E-state index is 11.5. The molecule has 0 unspecified atom stereocenters. The lowest BCUT2D eigenvalue weighted by Crippen LogP contribution is -2.52. The van der Waals surface area contributed by atoms with Crippen molar-refractivity contribution < 1.29 is 9.53 Å². The fourth-order valence-corrected chi connectivity index (χ4v) is 3.19. The van der Waals surface area contributed by atoms with Gasteiger partial charge in [0.15, 0.2) is 0 Å². The first kappa shape index (κ1) is 18.8. The molecule has 134 valence electrons. The van der Waals surface area contributed by atoms with Crippen molar-refractivity contribution in [2.24, 2.45) is 5.92 Å². The molecule has 0 aromatic heterocycles. The van der Waals surface area contributed by atoms with Crippen LogP contribution in [0.4, 0.5) is 0 Å². The summed E-state index contributed by atoms with van der Waals surface area (Å²) in [5.74, 6) is 1.32. The van der Waals surface area contributed by atoms with Gasteiger partial charge in [0.2, 0.25) is 5.91 Å². The number of nitrogens with one attached hydrogen (secondary N) is 1. The van der Waals surface area contributed by atoms with Crippen LogP contribution in [0.15, 0.2) is 18.2 Å². The summed E-state index contributed by atoms with van der Waals surface area (Å²) in [6.07, 6.45) is 6.31. The molecule has 1 aliphatic rings. The van der Waals surface area contributed by atoms with Crippen LogP contribution in [0, 0.1) is 12.8 Å². The fraction of sp³-hybridized carbons (Fsp3) is 0.650. The van der Waals surface area contributed by atoms with E-state index in [0.29, 0.717) is 0 Å². The van der Waals surface area contributed by atoms with Gasteiger partial charge in [0.1, 0.15) is 5.75 Å². The molecule has 1 N–H and O–H groups in total. The zero-order chi connectivity index (χ0) is 17.4. The van der Waals surface area contributed by atoms with Crippen molar-refractivity contribution in [3.05, 3.63) is 29.3 Å². The molecule has 1 aliphatic heterocycles. The number of likely N-dealkylation sites (tertiary alicyclic amines) is 1. The van der Waals surface area contributed by atoms with Gasteiger partial charge in [-0.3, -0.25) is 9.69 Å². The lowest BCUT2D eigenvalue weighted by Gasteiger charge is -2.38. The summed E-state index contributed by atoms with van der Waals surface area (Å²) in [6.45, 7) is 7.78. The number of unbranched alkanes of at least 4 members (excludes halogenated alkanes) is 4. The van der Waals surface area contributed by atoms with Crippen LogP contribution in [0.25, 0.3) is 0 Å². The second-order valence-corrected chi connectivity index (χ2v) is 6.87. The van der Waals surface area contributed by atoms with Gasteiger partial charge in [0.25, 0.3) is 0 Å². The molecule has 4 heteroatoms. The van der Waals surface area contributed by atoms with Gasteiger partial charge < -0.3 is 10.1 Å². The van der Waals surface area contributed by atoms with Gasteiger partial charge in [-0.25, -0.2) is 0 Å².